The summed E-state index contributed by atoms with van der Waals surface area (Å²) in [4.78, 5) is 11.3. The predicted octanol–water partition coefficient (Wildman–Crippen LogP) is 0.964. The Morgan fingerprint density at radius 3 is 2.60 bits per heavy atom. The van der Waals surface area contributed by atoms with E-state index in [1.54, 1.807) is 0 Å². The van der Waals surface area contributed by atoms with Crippen molar-refractivity contribution in [2.45, 2.75) is 32.7 Å². The molecular formula is C8H15NO. The molecule has 1 fully saturated rings. The molecule has 0 aliphatic carbocycles. The fourth-order valence-corrected chi connectivity index (χ4v) is 1.17. The first-order valence-corrected chi connectivity index (χ1v) is 3.81. The normalized spacial score (nSPS) is 32.3. The maximum absolute atomic E-state index is 11.3. The molecule has 0 saturated carbocycles. The number of nitrogens with one attached hydrogen (secondary N) is 1. The van der Waals surface area contributed by atoms with E-state index in [-0.39, 0.29) is 5.54 Å². The van der Waals surface area contributed by atoms with Gasteiger partial charge >= 0.3 is 0 Å². The summed E-state index contributed by atoms with van der Waals surface area (Å²) in [5.74, 6) is 0.853. The van der Waals surface area contributed by atoms with Crippen LogP contribution in [0.4, 0.5) is 0 Å². The minimum Gasteiger partial charge on any atom is -0.305 e. The molecule has 0 radical (unpaired) electrons. The van der Waals surface area contributed by atoms with Crippen LogP contribution in [0.3, 0.4) is 0 Å². The van der Waals surface area contributed by atoms with Gasteiger partial charge in [-0.25, -0.2) is 0 Å². The van der Waals surface area contributed by atoms with Crippen LogP contribution in [0.1, 0.15) is 27.2 Å². The third-order valence-electron chi connectivity index (χ3n) is 2.12. The first-order chi connectivity index (χ1) is 4.52. The number of ketones is 1. The van der Waals surface area contributed by atoms with Crippen molar-refractivity contribution in [1.82, 2.24) is 5.32 Å². The number of rotatable bonds is 0. The third kappa shape index (κ3) is 1.37. The van der Waals surface area contributed by atoms with Gasteiger partial charge in [-0.05, 0) is 26.3 Å². The summed E-state index contributed by atoms with van der Waals surface area (Å²) in [6, 6.07) is 0. The Bertz CT molecular complexity index is 151. The lowest BCUT2D eigenvalue weighted by molar-refractivity contribution is -0.127. The van der Waals surface area contributed by atoms with Crippen molar-refractivity contribution in [3.05, 3.63) is 0 Å². The third-order valence-corrected chi connectivity index (χ3v) is 2.12. The zero-order chi connectivity index (χ0) is 7.78. The molecule has 1 atom stereocenters. The standard InChI is InChI=1S/C8H15NO/c1-6-4-7(10)8(2,3)9-5-6/h6,9H,4-5H2,1-3H3. The highest BCUT2D eigenvalue weighted by Gasteiger charge is 2.32. The Labute approximate surface area is 62.0 Å². The van der Waals surface area contributed by atoms with Gasteiger partial charge in [0, 0.05) is 6.42 Å². The molecule has 58 valence electrons. The Kier molecular flexibility index (Phi) is 1.82. The number of Topliss-reactive ketones (excluding diaryl/α,β-unsaturated/α-hetero) is 1. The highest BCUT2D eigenvalue weighted by Crippen LogP contribution is 2.17. The van der Waals surface area contributed by atoms with Crippen molar-refractivity contribution in [1.29, 1.82) is 0 Å². The van der Waals surface area contributed by atoms with Crippen molar-refractivity contribution in [2.75, 3.05) is 6.54 Å². The van der Waals surface area contributed by atoms with Crippen LogP contribution in [0.5, 0.6) is 0 Å². The van der Waals surface area contributed by atoms with Crippen LogP contribution in [0.2, 0.25) is 0 Å². The minimum absolute atomic E-state index is 0.271. The summed E-state index contributed by atoms with van der Waals surface area (Å²) in [5.41, 5.74) is -0.271. The summed E-state index contributed by atoms with van der Waals surface area (Å²) in [6.45, 7) is 6.96. The quantitative estimate of drug-likeness (QED) is 0.544. The molecule has 0 aromatic heterocycles. The van der Waals surface area contributed by atoms with Crippen LogP contribution < -0.4 is 5.32 Å². The van der Waals surface area contributed by atoms with E-state index < -0.39 is 0 Å². The predicted molar refractivity (Wildman–Crippen MR) is 40.9 cm³/mol. The molecule has 0 aromatic carbocycles. The first kappa shape index (κ1) is 7.73. The van der Waals surface area contributed by atoms with Crippen molar-refractivity contribution >= 4 is 5.78 Å². The zero-order valence-electron chi connectivity index (χ0n) is 6.90. The molecule has 2 heteroatoms. The van der Waals surface area contributed by atoms with Crippen molar-refractivity contribution in [3.63, 3.8) is 0 Å². The summed E-state index contributed by atoms with van der Waals surface area (Å²) in [5, 5.41) is 3.21. The molecule has 1 heterocycles. The Hall–Kier alpha value is -0.370. The highest BCUT2D eigenvalue weighted by molar-refractivity contribution is 5.88. The van der Waals surface area contributed by atoms with Crippen LogP contribution in [-0.4, -0.2) is 17.9 Å². The maximum Gasteiger partial charge on any atom is 0.152 e. The molecule has 1 aliphatic rings. The maximum atomic E-state index is 11.3. The largest absolute Gasteiger partial charge is 0.305 e. The molecule has 1 rings (SSSR count). The van der Waals surface area contributed by atoms with Crippen LogP contribution in [0.25, 0.3) is 0 Å². The van der Waals surface area contributed by atoms with E-state index in [2.05, 4.69) is 12.2 Å². The summed E-state index contributed by atoms with van der Waals surface area (Å²) in [7, 11) is 0. The average Bonchev–Trinajstić information content (AvgIpc) is 1.81. The molecule has 0 spiro atoms. The van der Waals surface area contributed by atoms with Crippen LogP contribution in [0.15, 0.2) is 0 Å². The van der Waals surface area contributed by atoms with Gasteiger partial charge in [0.2, 0.25) is 0 Å². The molecule has 1 aliphatic heterocycles. The number of hydrogen-bond donors (Lipinski definition) is 1. The van der Waals surface area contributed by atoms with Gasteiger partial charge in [-0.1, -0.05) is 6.92 Å². The van der Waals surface area contributed by atoms with Crippen LogP contribution in [0, 0.1) is 5.92 Å². The summed E-state index contributed by atoms with van der Waals surface area (Å²) in [6.07, 6.45) is 0.736. The van der Waals surface area contributed by atoms with E-state index in [1.165, 1.54) is 0 Å². The van der Waals surface area contributed by atoms with Gasteiger partial charge in [-0.2, -0.15) is 0 Å². The van der Waals surface area contributed by atoms with Crippen molar-refractivity contribution in [2.24, 2.45) is 5.92 Å². The Balaban J connectivity index is 2.61. The molecule has 2 nitrogen and oxygen atoms in total. The van der Waals surface area contributed by atoms with Gasteiger partial charge in [0.15, 0.2) is 5.78 Å². The summed E-state index contributed by atoms with van der Waals surface area (Å²) >= 11 is 0. The van der Waals surface area contributed by atoms with E-state index in [1.807, 2.05) is 13.8 Å². The molecule has 1 saturated heterocycles. The summed E-state index contributed by atoms with van der Waals surface area (Å²) < 4.78 is 0. The van der Waals surface area contributed by atoms with E-state index in [9.17, 15) is 4.79 Å². The van der Waals surface area contributed by atoms with E-state index in [0.717, 1.165) is 13.0 Å². The number of hydrogen-bond acceptors (Lipinski definition) is 2. The topological polar surface area (TPSA) is 29.1 Å². The van der Waals surface area contributed by atoms with E-state index >= 15 is 0 Å². The van der Waals surface area contributed by atoms with E-state index in [0.29, 0.717) is 11.7 Å². The number of carbonyl (C=O) groups is 1. The van der Waals surface area contributed by atoms with Gasteiger partial charge < -0.3 is 5.32 Å². The Morgan fingerprint density at radius 1 is 1.60 bits per heavy atom. The van der Waals surface area contributed by atoms with Crippen LogP contribution >= 0.6 is 0 Å². The number of carbonyl (C=O) groups excluding carboxylic acids is 1. The van der Waals surface area contributed by atoms with Crippen LogP contribution in [-0.2, 0) is 4.79 Å². The second-order valence-corrected chi connectivity index (χ2v) is 3.74. The van der Waals surface area contributed by atoms with E-state index in [4.69, 9.17) is 0 Å². The first-order valence-electron chi connectivity index (χ1n) is 3.81. The fourth-order valence-electron chi connectivity index (χ4n) is 1.17. The lowest BCUT2D eigenvalue weighted by Crippen LogP contribution is -2.53. The minimum atomic E-state index is -0.271. The lowest BCUT2D eigenvalue weighted by Gasteiger charge is -2.32. The second kappa shape index (κ2) is 2.35. The Morgan fingerprint density at radius 2 is 2.20 bits per heavy atom. The molecule has 0 amide bonds. The molecule has 0 aromatic rings. The number of piperidine rings is 1. The van der Waals surface area contributed by atoms with Gasteiger partial charge in [-0.3, -0.25) is 4.79 Å². The van der Waals surface area contributed by atoms with Crippen molar-refractivity contribution in [3.8, 4) is 0 Å². The van der Waals surface area contributed by atoms with Crippen molar-refractivity contribution < 1.29 is 4.79 Å². The second-order valence-electron chi connectivity index (χ2n) is 3.74. The monoisotopic (exact) mass is 141 g/mol. The molecule has 0 bridgehead atoms. The van der Waals surface area contributed by atoms with Gasteiger partial charge in [0.25, 0.3) is 0 Å². The highest BCUT2D eigenvalue weighted by atomic mass is 16.1. The molecule has 1 N–H and O–H groups in total. The SMILES string of the molecule is CC1CNC(C)(C)C(=O)C1. The smallest absolute Gasteiger partial charge is 0.152 e. The van der Waals surface area contributed by atoms with Gasteiger partial charge in [0.05, 0.1) is 5.54 Å². The molecule has 10 heavy (non-hydrogen) atoms. The average molecular weight is 141 g/mol. The lowest BCUT2D eigenvalue weighted by atomic mass is 9.87. The molecule has 1 unspecified atom stereocenters. The fraction of sp³-hybridized carbons (Fsp3) is 0.875. The molecular weight excluding hydrogens is 126 g/mol. The van der Waals surface area contributed by atoms with Gasteiger partial charge in [-0.15, -0.1) is 0 Å². The van der Waals surface area contributed by atoms with Gasteiger partial charge in [0.1, 0.15) is 0 Å². The zero-order valence-corrected chi connectivity index (χ0v) is 6.90.